The fourth-order valence-electron chi connectivity index (χ4n) is 3.22. The van der Waals surface area contributed by atoms with Crippen LogP contribution in [0.1, 0.15) is 70.1 Å². The van der Waals surface area contributed by atoms with Crippen LogP contribution < -0.4 is 10.6 Å². The van der Waals surface area contributed by atoms with Crippen LogP contribution in [0.25, 0.3) is 0 Å². The molecule has 0 bridgehead atoms. The summed E-state index contributed by atoms with van der Waals surface area (Å²) in [6.45, 7) is 5.45. The van der Waals surface area contributed by atoms with Crippen molar-refractivity contribution in [1.29, 1.82) is 0 Å². The molecular formula is C18H27N3O3S. The number of anilines is 1. The van der Waals surface area contributed by atoms with E-state index in [9.17, 15) is 9.59 Å². The number of nitrogens with zero attached hydrogens (tertiary/aromatic N) is 1. The van der Waals surface area contributed by atoms with E-state index in [2.05, 4.69) is 15.6 Å². The van der Waals surface area contributed by atoms with Gasteiger partial charge in [0, 0.05) is 17.1 Å². The molecule has 0 radical (unpaired) electrons. The molecule has 2 N–H and O–H groups in total. The van der Waals surface area contributed by atoms with Crippen molar-refractivity contribution < 1.29 is 14.3 Å². The summed E-state index contributed by atoms with van der Waals surface area (Å²) in [6, 6.07) is -0.146. The van der Waals surface area contributed by atoms with Crippen molar-refractivity contribution in [2.24, 2.45) is 5.92 Å². The summed E-state index contributed by atoms with van der Waals surface area (Å²) < 4.78 is 5.21. The van der Waals surface area contributed by atoms with E-state index < -0.39 is 11.7 Å². The maximum Gasteiger partial charge on any atom is 0.407 e. The molecule has 2 saturated carbocycles. The molecule has 1 heterocycles. The summed E-state index contributed by atoms with van der Waals surface area (Å²) in [4.78, 5) is 29.7. The van der Waals surface area contributed by atoms with E-state index in [0.717, 1.165) is 0 Å². The van der Waals surface area contributed by atoms with Gasteiger partial charge in [0.15, 0.2) is 5.13 Å². The Morgan fingerprint density at radius 1 is 1.24 bits per heavy atom. The highest BCUT2D eigenvalue weighted by Gasteiger charge is 2.45. The molecule has 0 spiro atoms. The van der Waals surface area contributed by atoms with Gasteiger partial charge in [-0.3, -0.25) is 4.79 Å². The van der Waals surface area contributed by atoms with Crippen LogP contribution in [0, 0.1) is 5.92 Å². The van der Waals surface area contributed by atoms with E-state index in [1.54, 1.807) is 11.3 Å². The number of amides is 2. The highest BCUT2D eigenvalue weighted by Crippen LogP contribution is 2.37. The van der Waals surface area contributed by atoms with Gasteiger partial charge >= 0.3 is 6.09 Å². The van der Waals surface area contributed by atoms with Crippen molar-refractivity contribution >= 4 is 28.5 Å². The van der Waals surface area contributed by atoms with Crippen LogP contribution in [0.4, 0.5) is 9.93 Å². The molecular weight excluding hydrogens is 338 g/mol. The number of hydrogen-bond donors (Lipinski definition) is 2. The normalized spacial score (nSPS) is 23.8. The molecule has 2 atom stereocenters. The van der Waals surface area contributed by atoms with E-state index in [1.165, 1.54) is 37.0 Å². The van der Waals surface area contributed by atoms with Gasteiger partial charge < -0.3 is 15.4 Å². The number of alkyl carbamates (subject to hydrolysis) is 1. The van der Waals surface area contributed by atoms with Crippen LogP contribution in [0.2, 0.25) is 0 Å². The molecule has 1 aromatic rings. The average Bonchev–Trinajstić information content (AvgIpc) is 3.13. The Labute approximate surface area is 152 Å². The Balaban J connectivity index is 1.46. The lowest BCUT2D eigenvalue weighted by Gasteiger charge is -2.19. The maximum absolute atomic E-state index is 12.3. The van der Waals surface area contributed by atoms with E-state index >= 15 is 0 Å². The number of carbonyl (C=O) groups is 2. The molecule has 0 saturated heterocycles. The molecule has 2 fully saturated rings. The van der Waals surface area contributed by atoms with Gasteiger partial charge in [0.2, 0.25) is 5.91 Å². The lowest BCUT2D eigenvalue weighted by Crippen LogP contribution is -2.35. The molecule has 3 rings (SSSR count). The first-order valence-electron chi connectivity index (χ1n) is 9.08. The van der Waals surface area contributed by atoms with Gasteiger partial charge in [0.05, 0.1) is 5.92 Å². The first kappa shape index (κ1) is 18.2. The number of rotatable bonds is 4. The molecule has 2 aliphatic carbocycles. The number of thiazole rings is 1. The van der Waals surface area contributed by atoms with Crippen LogP contribution in [0.15, 0.2) is 6.20 Å². The monoisotopic (exact) mass is 365 g/mol. The number of aromatic nitrogens is 1. The third kappa shape index (κ3) is 5.17. The summed E-state index contributed by atoms with van der Waals surface area (Å²) >= 11 is 1.58. The Kier molecular flexibility index (Phi) is 5.32. The van der Waals surface area contributed by atoms with Crippen LogP contribution in [0.5, 0.6) is 0 Å². The summed E-state index contributed by atoms with van der Waals surface area (Å²) in [7, 11) is 0. The van der Waals surface area contributed by atoms with Gasteiger partial charge in [-0.2, -0.15) is 0 Å². The van der Waals surface area contributed by atoms with Crippen molar-refractivity contribution in [2.45, 2.75) is 76.9 Å². The molecule has 25 heavy (non-hydrogen) atoms. The van der Waals surface area contributed by atoms with Gasteiger partial charge in [0.1, 0.15) is 5.60 Å². The predicted molar refractivity (Wildman–Crippen MR) is 97.8 cm³/mol. The average molecular weight is 365 g/mol. The highest BCUT2D eigenvalue weighted by molar-refractivity contribution is 7.15. The van der Waals surface area contributed by atoms with Crippen LogP contribution >= 0.6 is 11.3 Å². The standard InChI is InChI=1S/C18H27N3O3S/c1-18(2,3)24-17(23)20-13-9-12(13)15(22)21-16-19-10-14(25-16)11-7-5-4-6-8-11/h10-13H,4-9H2,1-3H3,(H,20,23)(H,19,21,22)/t12-,13-/m0/s1. The molecule has 2 amide bonds. The van der Waals surface area contributed by atoms with Crippen LogP contribution in [-0.2, 0) is 9.53 Å². The van der Waals surface area contributed by atoms with Gasteiger partial charge in [-0.25, -0.2) is 9.78 Å². The quantitative estimate of drug-likeness (QED) is 0.844. The predicted octanol–water partition coefficient (Wildman–Crippen LogP) is 4.04. The van der Waals surface area contributed by atoms with Crippen LogP contribution in [0.3, 0.4) is 0 Å². The zero-order chi connectivity index (χ0) is 18.0. The highest BCUT2D eigenvalue weighted by atomic mass is 32.1. The Morgan fingerprint density at radius 3 is 2.64 bits per heavy atom. The van der Waals surface area contributed by atoms with E-state index in [1.807, 2.05) is 27.0 Å². The SMILES string of the molecule is CC(C)(C)OC(=O)N[C@H]1C[C@@H]1C(=O)Nc1ncc(C2CCCCC2)s1. The molecule has 138 valence electrons. The molecule has 6 nitrogen and oxygen atoms in total. The van der Waals surface area contributed by atoms with Gasteiger partial charge in [0.25, 0.3) is 0 Å². The largest absolute Gasteiger partial charge is 0.444 e. The second-order valence-electron chi connectivity index (χ2n) is 7.99. The number of nitrogens with one attached hydrogen (secondary N) is 2. The molecule has 0 aromatic carbocycles. The summed E-state index contributed by atoms with van der Waals surface area (Å²) in [5.74, 6) is 0.319. The maximum atomic E-state index is 12.3. The van der Waals surface area contributed by atoms with Crippen molar-refractivity contribution in [3.63, 3.8) is 0 Å². The molecule has 7 heteroatoms. The number of ether oxygens (including phenoxy) is 1. The topological polar surface area (TPSA) is 80.3 Å². The number of hydrogen-bond acceptors (Lipinski definition) is 5. The third-order valence-corrected chi connectivity index (χ3v) is 5.67. The third-order valence-electron chi connectivity index (χ3n) is 4.59. The minimum atomic E-state index is -0.535. The van der Waals surface area contributed by atoms with Crippen molar-refractivity contribution in [1.82, 2.24) is 10.3 Å². The number of carbonyl (C=O) groups excluding carboxylic acids is 2. The van der Waals surface area contributed by atoms with E-state index in [0.29, 0.717) is 17.5 Å². The smallest absolute Gasteiger partial charge is 0.407 e. The fourth-order valence-corrected chi connectivity index (χ4v) is 4.21. The Hall–Kier alpha value is -1.63. The van der Waals surface area contributed by atoms with Gasteiger partial charge in [-0.1, -0.05) is 19.3 Å². The summed E-state index contributed by atoms with van der Waals surface area (Å²) in [5.41, 5.74) is -0.535. The zero-order valence-electron chi connectivity index (χ0n) is 15.1. The lowest BCUT2D eigenvalue weighted by molar-refractivity contribution is -0.117. The second kappa shape index (κ2) is 7.32. The van der Waals surface area contributed by atoms with Crippen molar-refractivity contribution in [3.05, 3.63) is 11.1 Å². The van der Waals surface area contributed by atoms with Gasteiger partial charge in [-0.15, -0.1) is 11.3 Å². The van der Waals surface area contributed by atoms with Crippen molar-refractivity contribution in [3.8, 4) is 0 Å². The molecule has 0 aliphatic heterocycles. The first-order valence-corrected chi connectivity index (χ1v) is 9.89. The Morgan fingerprint density at radius 2 is 1.96 bits per heavy atom. The molecule has 0 unspecified atom stereocenters. The van der Waals surface area contributed by atoms with E-state index in [-0.39, 0.29) is 17.9 Å². The minimum absolute atomic E-state index is 0.0781. The minimum Gasteiger partial charge on any atom is -0.444 e. The fraction of sp³-hybridized carbons (Fsp3) is 0.722. The van der Waals surface area contributed by atoms with E-state index in [4.69, 9.17) is 4.74 Å². The first-order chi connectivity index (χ1) is 11.8. The lowest BCUT2D eigenvalue weighted by atomic mass is 9.89. The molecule has 1 aromatic heterocycles. The molecule has 2 aliphatic rings. The van der Waals surface area contributed by atoms with Gasteiger partial charge in [-0.05, 0) is 46.0 Å². The summed E-state index contributed by atoms with van der Waals surface area (Å²) in [6.07, 6.45) is 8.41. The summed E-state index contributed by atoms with van der Waals surface area (Å²) in [5, 5.41) is 6.30. The zero-order valence-corrected chi connectivity index (χ0v) is 15.9. The van der Waals surface area contributed by atoms with Crippen molar-refractivity contribution in [2.75, 3.05) is 5.32 Å². The van der Waals surface area contributed by atoms with Crippen LogP contribution in [-0.4, -0.2) is 28.6 Å². The Bertz CT molecular complexity index is 632. The second-order valence-corrected chi connectivity index (χ2v) is 9.05.